The lowest BCUT2D eigenvalue weighted by Gasteiger charge is -2.21. The van der Waals surface area contributed by atoms with Crippen LogP contribution >= 0.6 is 11.6 Å². The first-order valence-corrected chi connectivity index (χ1v) is 4.40. The molecule has 1 saturated heterocycles. The smallest absolute Gasteiger partial charge is 0.221 e. The predicted molar refractivity (Wildman–Crippen MR) is 45.0 cm³/mol. The Bertz CT molecular complexity index is 130. The molecular formula is C8H15ClN+. The van der Waals surface area contributed by atoms with Crippen molar-refractivity contribution < 1.29 is 4.58 Å². The molecule has 0 aromatic heterocycles. The van der Waals surface area contributed by atoms with Crippen LogP contribution in [-0.4, -0.2) is 22.3 Å². The summed E-state index contributed by atoms with van der Waals surface area (Å²) in [5, 5.41) is 0. The fourth-order valence-corrected chi connectivity index (χ4v) is 2.02. The van der Waals surface area contributed by atoms with E-state index in [2.05, 4.69) is 18.4 Å². The largest absolute Gasteiger partial charge is 0.232 e. The van der Waals surface area contributed by atoms with Crippen LogP contribution in [0.5, 0.6) is 0 Å². The predicted octanol–water partition coefficient (Wildman–Crippen LogP) is 2.23. The van der Waals surface area contributed by atoms with Gasteiger partial charge in [0.1, 0.15) is 0 Å². The van der Waals surface area contributed by atoms with Gasteiger partial charge in [0.05, 0.1) is 0 Å². The first-order chi connectivity index (χ1) is 4.75. The molecule has 2 atom stereocenters. The molecule has 0 saturated carbocycles. The molecule has 0 amide bonds. The summed E-state index contributed by atoms with van der Waals surface area (Å²) in [6, 6.07) is 1.28. The fraction of sp³-hybridized carbons (Fsp3) is 0.875. The second-order valence-electron chi connectivity index (χ2n) is 3.17. The topological polar surface area (TPSA) is 3.01 Å². The molecule has 1 rings (SSSR count). The Hall–Kier alpha value is -0.0400. The van der Waals surface area contributed by atoms with Gasteiger partial charge < -0.3 is 0 Å². The maximum atomic E-state index is 5.67. The second kappa shape index (κ2) is 3.38. The molecule has 2 unspecified atom stereocenters. The fourth-order valence-electron chi connectivity index (χ4n) is 1.63. The third-order valence-electron chi connectivity index (χ3n) is 2.37. The van der Waals surface area contributed by atoms with E-state index in [4.69, 9.17) is 11.6 Å². The van der Waals surface area contributed by atoms with E-state index in [-0.39, 0.29) is 0 Å². The van der Waals surface area contributed by atoms with Gasteiger partial charge in [0, 0.05) is 12.8 Å². The maximum Gasteiger partial charge on any atom is 0.232 e. The molecule has 1 aliphatic rings. The molecule has 0 spiro atoms. The van der Waals surface area contributed by atoms with Crippen molar-refractivity contribution in [1.29, 1.82) is 0 Å². The van der Waals surface area contributed by atoms with Crippen molar-refractivity contribution in [2.45, 2.75) is 45.2 Å². The highest BCUT2D eigenvalue weighted by Gasteiger charge is 2.26. The van der Waals surface area contributed by atoms with Crippen molar-refractivity contribution in [2.24, 2.45) is 0 Å². The van der Waals surface area contributed by atoms with Crippen LogP contribution in [0.2, 0.25) is 0 Å². The van der Waals surface area contributed by atoms with Crippen molar-refractivity contribution >= 4 is 17.3 Å². The van der Waals surface area contributed by atoms with Gasteiger partial charge in [0.2, 0.25) is 5.67 Å². The average molecular weight is 161 g/mol. The Morgan fingerprint density at radius 3 is 2.10 bits per heavy atom. The zero-order chi connectivity index (χ0) is 7.56. The third kappa shape index (κ3) is 1.51. The molecule has 0 aromatic carbocycles. The molecule has 0 N–H and O–H groups in total. The minimum absolute atomic E-state index is 0.640. The van der Waals surface area contributed by atoms with E-state index in [1.165, 1.54) is 19.3 Å². The number of halogens is 1. The van der Waals surface area contributed by atoms with Crippen molar-refractivity contribution in [2.75, 3.05) is 0 Å². The number of hydrogen-bond donors (Lipinski definition) is 0. The summed E-state index contributed by atoms with van der Waals surface area (Å²) in [6.45, 7) is 4.46. The average Bonchev–Trinajstić information content (AvgIpc) is 1.88. The Morgan fingerprint density at radius 1 is 1.30 bits per heavy atom. The monoisotopic (exact) mass is 160 g/mol. The molecule has 58 valence electrons. The molecule has 10 heavy (non-hydrogen) atoms. The molecule has 2 heteroatoms. The van der Waals surface area contributed by atoms with Crippen LogP contribution in [0.25, 0.3) is 0 Å². The van der Waals surface area contributed by atoms with E-state index in [1.807, 2.05) is 0 Å². The summed E-state index contributed by atoms with van der Waals surface area (Å²) >= 11 is 5.67. The minimum Gasteiger partial charge on any atom is -0.221 e. The van der Waals surface area contributed by atoms with Gasteiger partial charge in [-0.25, -0.2) is 4.58 Å². The normalized spacial score (nSPS) is 34.1. The van der Waals surface area contributed by atoms with Gasteiger partial charge in [-0.1, -0.05) is 0 Å². The summed E-state index contributed by atoms with van der Waals surface area (Å²) in [6.07, 6.45) is 3.92. The maximum absolute atomic E-state index is 5.67. The summed E-state index contributed by atoms with van der Waals surface area (Å²) in [7, 11) is 0. The number of nitrogens with zero attached hydrogens (tertiary/aromatic N) is 1. The van der Waals surface area contributed by atoms with Crippen molar-refractivity contribution in [3.05, 3.63) is 0 Å². The van der Waals surface area contributed by atoms with E-state index < -0.39 is 0 Å². The summed E-state index contributed by atoms with van der Waals surface area (Å²) < 4.78 is 2.24. The highest BCUT2D eigenvalue weighted by Crippen LogP contribution is 2.17. The SMILES string of the molecule is CC1CCCC(C)[N+]1=CCl. The van der Waals surface area contributed by atoms with E-state index in [0.717, 1.165) is 0 Å². The van der Waals surface area contributed by atoms with Crippen LogP contribution in [0.3, 0.4) is 0 Å². The molecular weight excluding hydrogens is 146 g/mol. The highest BCUT2D eigenvalue weighted by molar-refractivity contribution is 6.54. The van der Waals surface area contributed by atoms with E-state index >= 15 is 0 Å². The Morgan fingerprint density at radius 2 is 1.80 bits per heavy atom. The van der Waals surface area contributed by atoms with Crippen molar-refractivity contribution in [3.63, 3.8) is 0 Å². The van der Waals surface area contributed by atoms with Crippen LogP contribution in [0.1, 0.15) is 33.1 Å². The summed E-state index contributed by atoms with van der Waals surface area (Å²) in [5.41, 5.74) is 1.70. The summed E-state index contributed by atoms with van der Waals surface area (Å²) in [5.74, 6) is 0. The first-order valence-electron chi connectivity index (χ1n) is 3.96. The van der Waals surface area contributed by atoms with Crippen LogP contribution < -0.4 is 0 Å². The van der Waals surface area contributed by atoms with E-state index in [9.17, 15) is 0 Å². The molecule has 1 heterocycles. The van der Waals surface area contributed by atoms with Gasteiger partial charge in [-0.3, -0.25) is 0 Å². The molecule has 0 bridgehead atoms. The quantitative estimate of drug-likeness (QED) is 0.478. The number of hydrogen-bond acceptors (Lipinski definition) is 0. The lowest BCUT2D eigenvalue weighted by Crippen LogP contribution is -2.35. The Kier molecular flexibility index (Phi) is 2.72. The van der Waals surface area contributed by atoms with Crippen LogP contribution in [0.15, 0.2) is 0 Å². The first kappa shape index (κ1) is 8.06. The van der Waals surface area contributed by atoms with Gasteiger partial charge in [-0.05, 0) is 31.9 Å². The van der Waals surface area contributed by atoms with Gasteiger partial charge >= 0.3 is 0 Å². The molecule has 1 aliphatic heterocycles. The molecule has 0 aromatic rings. The number of rotatable bonds is 0. The zero-order valence-corrected chi connectivity index (χ0v) is 7.43. The van der Waals surface area contributed by atoms with Crippen LogP contribution in [0.4, 0.5) is 0 Å². The summed E-state index contributed by atoms with van der Waals surface area (Å²) in [4.78, 5) is 0. The lowest BCUT2D eigenvalue weighted by molar-refractivity contribution is -0.599. The molecule has 0 aliphatic carbocycles. The van der Waals surface area contributed by atoms with E-state index in [0.29, 0.717) is 12.1 Å². The minimum atomic E-state index is 0.640. The third-order valence-corrected chi connectivity index (χ3v) is 2.60. The zero-order valence-electron chi connectivity index (χ0n) is 6.68. The van der Waals surface area contributed by atoms with Crippen LogP contribution in [0, 0.1) is 0 Å². The molecule has 1 nitrogen and oxygen atoms in total. The van der Waals surface area contributed by atoms with Crippen molar-refractivity contribution in [1.82, 2.24) is 0 Å². The molecule has 1 fully saturated rings. The molecule has 0 radical (unpaired) electrons. The van der Waals surface area contributed by atoms with Crippen LogP contribution in [-0.2, 0) is 0 Å². The Balaban J connectivity index is 2.63. The lowest BCUT2D eigenvalue weighted by atomic mass is 10.0. The standard InChI is InChI=1S/C8H15ClN/c1-7-4-3-5-8(2)10(7)6-9/h6-8H,3-5H2,1-2H3/q+1. The van der Waals surface area contributed by atoms with Gasteiger partial charge in [0.15, 0.2) is 12.1 Å². The van der Waals surface area contributed by atoms with E-state index in [1.54, 1.807) is 5.67 Å². The number of piperidine rings is 1. The second-order valence-corrected chi connectivity index (χ2v) is 3.37. The van der Waals surface area contributed by atoms with Gasteiger partial charge in [-0.15, -0.1) is 0 Å². The highest BCUT2D eigenvalue weighted by atomic mass is 35.5. The van der Waals surface area contributed by atoms with Gasteiger partial charge in [-0.2, -0.15) is 0 Å². The van der Waals surface area contributed by atoms with Crippen molar-refractivity contribution in [3.8, 4) is 0 Å². The Labute approximate surface area is 67.7 Å². The van der Waals surface area contributed by atoms with Gasteiger partial charge in [0.25, 0.3) is 0 Å².